The molecule has 0 unspecified atom stereocenters. The number of fused-ring (bicyclic) bond motifs is 3. The third-order valence-corrected chi connectivity index (χ3v) is 6.78. The van der Waals surface area contributed by atoms with Gasteiger partial charge in [-0.1, -0.05) is 0 Å². The van der Waals surface area contributed by atoms with Crippen LogP contribution < -0.4 is 14.8 Å². The van der Waals surface area contributed by atoms with Crippen molar-refractivity contribution in [3.8, 4) is 11.5 Å². The molecule has 0 saturated carbocycles. The molecule has 1 aromatic rings. The van der Waals surface area contributed by atoms with Gasteiger partial charge in [-0.05, 0) is 31.1 Å². The van der Waals surface area contributed by atoms with Gasteiger partial charge in [0.2, 0.25) is 11.8 Å². The number of aliphatic hydroxyl groups excluding tert-OH is 2. The van der Waals surface area contributed by atoms with Gasteiger partial charge in [0.05, 0.1) is 31.8 Å². The second-order valence-electron chi connectivity index (χ2n) is 9.02. The molecule has 1 fully saturated rings. The highest BCUT2D eigenvalue weighted by Gasteiger charge is 2.51. The summed E-state index contributed by atoms with van der Waals surface area (Å²) in [6, 6.07) is 2.23. The Morgan fingerprint density at radius 1 is 1.31 bits per heavy atom. The SMILES string of the molecule is COCC(=O)N(C[C@@H]1CCCO1)[C@@H]1C=C(C(=O)NCCO)[C@@H]2c3cc(C=O)cc(OC)c3O[C@@H]2[C@H]1O. The van der Waals surface area contributed by atoms with Crippen LogP contribution in [0.3, 0.4) is 0 Å². The second kappa shape index (κ2) is 11.4. The molecule has 0 aromatic heterocycles. The summed E-state index contributed by atoms with van der Waals surface area (Å²) in [4.78, 5) is 39.4. The van der Waals surface area contributed by atoms with Gasteiger partial charge in [0.25, 0.3) is 0 Å². The first kappa shape index (κ1) is 26.1. The van der Waals surface area contributed by atoms with Crippen LogP contribution >= 0.6 is 0 Å². The molecule has 3 aliphatic rings. The molecule has 0 spiro atoms. The lowest BCUT2D eigenvalue weighted by Gasteiger charge is -2.41. The van der Waals surface area contributed by atoms with E-state index in [0.717, 1.165) is 12.8 Å². The molecule has 11 nitrogen and oxygen atoms in total. The van der Waals surface area contributed by atoms with E-state index in [4.69, 9.17) is 18.9 Å². The molecule has 2 aliphatic heterocycles. The summed E-state index contributed by atoms with van der Waals surface area (Å²) in [5.41, 5.74) is 1.12. The molecule has 36 heavy (non-hydrogen) atoms. The van der Waals surface area contributed by atoms with Crippen LogP contribution in [0.1, 0.15) is 34.7 Å². The lowest BCUT2D eigenvalue weighted by molar-refractivity contribution is -0.143. The molecule has 5 atom stereocenters. The van der Waals surface area contributed by atoms with Gasteiger partial charge in [0.1, 0.15) is 25.1 Å². The van der Waals surface area contributed by atoms with Crippen LogP contribution in [0.4, 0.5) is 0 Å². The van der Waals surface area contributed by atoms with E-state index >= 15 is 0 Å². The van der Waals surface area contributed by atoms with Gasteiger partial charge in [-0.15, -0.1) is 0 Å². The molecule has 4 rings (SSSR count). The molecule has 1 aliphatic carbocycles. The van der Waals surface area contributed by atoms with Gasteiger partial charge in [-0.25, -0.2) is 0 Å². The van der Waals surface area contributed by atoms with Crippen LogP contribution in [0.15, 0.2) is 23.8 Å². The maximum absolute atomic E-state index is 13.3. The number of ether oxygens (including phenoxy) is 4. The molecule has 1 aromatic carbocycles. The molecule has 0 radical (unpaired) electrons. The molecule has 1 saturated heterocycles. The van der Waals surface area contributed by atoms with Gasteiger partial charge in [-0.3, -0.25) is 14.4 Å². The maximum atomic E-state index is 13.3. The molecule has 11 heteroatoms. The van der Waals surface area contributed by atoms with Crippen molar-refractivity contribution in [1.29, 1.82) is 0 Å². The smallest absolute Gasteiger partial charge is 0.249 e. The van der Waals surface area contributed by atoms with Crippen LogP contribution in [0.25, 0.3) is 0 Å². The Morgan fingerprint density at radius 2 is 2.11 bits per heavy atom. The number of hydrogen-bond donors (Lipinski definition) is 3. The average molecular weight is 505 g/mol. The largest absolute Gasteiger partial charge is 0.493 e. The third kappa shape index (κ3) is 4.96. The molecule has 2 amide bonds. The highest BCUT2D eigenvalue weighted by Crippen LogP contribution is 2.51. The van der Waals surface area contributed by atoms with Crippen LogP contribution in [-0.2, 0) is 19.1 Å². The molecule has 0 bridgehead atoms. The van der Waals surface area contributed by atoms with Gasteiger partial charge in [0, 0.05) is 43.5 Å². The number of methoxy groups -OCH3 is 2. The summed E-state index contributed by atoms with van der Waals surface area (Å²) in [6.07, 6.45) is 1.54. The summed E-state index contributed by atoms with van der Waals surface area (Å²) >= 11 is 0. The van der Waals surface area contributed by atoms with E-state index in [1.54, 1.807) is 12.1 Å². The Labute approximate surface area is 208 Å². The van der Waals surface area contributed by atoms with E-state index in [1.165, 1.54) is 25.2 Å². The van der Waals surface area contributed by atoms with Crippen LogP contribution in [0.5, 0.6) is 11.5 Å². The number of benzene rings is 1. The predicted octanol–water partition coefficient (Wildman–Crippen LogP) is -0.216. The van der Waals surface area contributed by atoms with E-state index in [-0.39, 0.29) is 43.9 Å². The fraction of sp³-hybridized carbons (Fsp3) is 0.560. The van der Waals surface area contributed by atoms with E-state index in [1.807, 2.05) is 0 Å². The zero-order valence-electron chi connectivity index (χ0n) is 20.3. The van der Waals surface area contributed by atoms with Crippen LogP contribution in [0.2, 0.25) is 0 Å². The minimum atomic E-state index is -1.21. The van der Waals surface area contributed by atoms with Gasteiger partial charge in [0.15, 0.2) is 11.5 Å². The number of amides is 2. The van der Waals surface area contributed by atoms with Crippen molar-refractivity contribution in [2.75, 3.05) is 47.1 Å². The summed E-state index contributed by atoms with van der Waals surface area (Å²) in [5, 5.41) is 23.4. The number of carbonyl (C=O) groups is 3. The van der Waals surface area contributed by atoms with E-state index in [9.17, 15) is 24.6 Å². The van der Waals surface area contributed by atoms with Crippen molar-refractivity contribution in [2.24, 2.45) is 0 Å². The summed E-state index contributed by atoms with van der Waals surface area (Å²) < 4.78 is 22.4. The summed E-state index contributed by atoms with van der Waals surface area (Å²) in [7, 11) is 2.85. The molecule has 196 valence electrons. The minimum Gasteiger partial charge on any atom is -0.493 e. The highest BCUT2D eigenvalue weighted by atomic mass is 16.5. The Bertz CT molecular complexity index is 1020. The third-order valence-electron chi connectivity index (χ3n) is 6.78. The van der Waals surface area contributed by atoms with Crippen LogP contribution in [0, 0.1) is 0 Å². The first-order valence-corrected chi connectivity index (χ1v) is 12.0. The Morgan fingerprint density at radius 3 is 2.75 bits per heavy atom. The van der Waals surface area contributed by atoms with Crippen molar-refractivity contribution in [1.82, 2.24) is 10.2 Å². The molecular weight excluding hydrogens is 472 g/mol. The quantitative estimate of drug-likeness (QED) is 0.369. The zero-order chi connectivity index (χ0) is 25.8. The Balaban J connectivity index is 1.78. The summed E-state index contributed by atoms with van der Waals surface area (Å²) in [5.74, 6) is -0.930. The number of rotatable bonds is 10. The summed E-state index contributed by atoms with van der Waals surface area (Å²) in [6.45, 7) is 0.370. The minimum absolute atomic E-state index is 0.0222. The lowest BCUT2D eigenvalue weighted by atomic mass is 9.77. The lowest BCUT2D eigenvalue weighted by Crippen LogP contribution is -2.57. The van der Waals surface area contributed by atoms with Gasteiger partial charge in [-0.2, -0.15) is 0 Å². The van der Waals surface area contributed by atoms with Gasteiger partial charge < -0.3 is 39.4 Å². The van der Waals surface area contributed by atoms with E-state index in [2.05, 4.69) is 5.32 Å². The first-order chi connectivity index (χ1) is 17.4. The van der Waals surface area contributed by atoms with Crippen LogP contribution in [-0.4, -0.2) is 105 Å². The normalized spacial score (nSPS) is 26.3. The van der Waals surface area contributed by atoms with E-state index < -0.39 is 30.1 Å². The van der Waals surface area contributed by atoms with Crippen molar-refractivity contribution in [3.63, 3.8) is 0 Å². The molecular formula is C25H32N2O9. The fourth-order valence-electron chi connectivity index (χ4n) is 5.16. The zero-order valence-corrected chi connectivity index (χ0v) is 20.3. The van der Waals surface area contributed by atoms with Gasteiger partial charge >= 0.3 is 0 Å². The average Bonchev–Trinajstić information content (AvgIpc) is 3.54. The number of aliphatic hydroxyl groups is 2. The van der Waals surface area contributed by atoms with Crippen molar-refractivity contribution in [3.05, 3.63) is 34.9 Å². The second-order valence-corrected chi connectivity index (χ2v) is 9.02. The Hall–Kier alpha value is -2.99. The maximum Gasteiger partial charge on any atom is 0.249 e. The Kier molecular flexibility index (Phi) is 8.24. The topological polar surface area (TPSA) is 144 Å². The highest BCUT2D eigenvalue weighted by molar-refractivity contribution is 5.96. The van der Waals surface area contributed by atoms with Crippen molar-refractivity contribution >= 4 is 18.1 Å². The monoisotopic (exact) mass is 504 g/mol. The molecule has 3 N–H and O–H groups in total. The number of carbonyl (C=O) groups excluding carboxylic acids is 3. The molecule has 2 heterocycles. The number of hydrogen-bond acceptors (Lipinski definition) is 9. The number of nitrogens with zero attached hydrogens (tertiary/aromatic N) is 1. The predicted molar refractivity (Wildman–Crippen MR) is 126 cm³/mol. The number of aldehydes is 1. The van der Waals surface area contributed by atoms with Crippen molar-refractivity contribution < 1.29 is 43.5 Å². The first-order valence-electron chi connectivity index (χ1n) is 12.0. The van der Waals surface area contributed by atoms with E-state index in [0.29, 0.717) is 35.5 Å². The number of nitrogens with one attached hydrogen (secondary N) is 1. The van der Waals surface area contributed by atoms with Crippen molar-refractivity contribution in [2.45, 2.75) is 43.1 Å². The standard InChI is InChI=1S/C25H32N2O9/c1-33-13-20(30)27(11-15-4-3-7-35-15)18-10-17(25(32)26-5-6-28)21-16-8-14(12-29)9-19(34-2)23(16)36-24(21)22(18)31/h8-10,12,15,18,21-22,24,28,31H,3-7,11,13H2,1-2H3,(H,26,32)/t15-,18+,21-,22-,24-/m0/s1. The fourth-order valence-corrected chi connectivity index (χ4v) is 5.16.